The molecule has 7 aromatic rings. The molecule has 0 spiro atoms. The van der Waals surface area contributed by atoms with Gasteiger partial charge < -0.3 is 5.32 Å². The van der Waals surface area contributed by atoms with Crippen LogP contribution in [-0.2, 0) is 41.0 Å². The molecule has 8 rings (SSSR count). The first-order valence-corrected chi connectivity index (χ1v) is 20.9. The Labute approximate surface area is 348 Å². The average molecular weight is 881 g/mol. The first-order chi connectivity index (χ1) is 28.7. The molecule has 0 bridgehead atoms. The number of amides is 1. The van der Waals surface area contributed by atoms with Gasteiger partial charge in [-0.1, -0.05) is 17.7 Å². The standard InChI is InChI=1S/C40H34ClF5N10O4S/c1-19-11-20(2)48-36(47-19)23-7-8-26-28(15-23)50-38(56(39(26)58)30-10-9-27(41)34-35(30)54(3)52-37(34)53-61(4,59)60)29(14-21-12-24(42)16-25(43)13-21)49-33(57)18-55-31(22-5-6-22)17-32(51-55)40(44,45)46/h7-13,15-17,22,29H,5-6,14,18H2,1-4H3,(H,49,57)(H,52,53)/t29-/m0/s1. The topological polar surface area (TPSA) is 172 Å². The molecule has 4 aromatic heterocycles. The number of aromatic nitrogens is 8. The van der Waals surface area contributed by atoms with Gasteiger partial charge in [-0.25, -0.2) is 32.2 Å². The predicted molar refractivity (Wildman–Crippen MR) is 216 cm³/mol. The van der Waals surface area contributed by atoms with Crippen LogP contribution in [0.5, 0.6) is 0 Å². The van der Waals surface area contributed by atoms with Gasteiger partial charge in [0.05, 0.1) is 44.8 Å². The fourth-order valence-corrected chi connectivity index (χ4v) is 8.14. The van der Waals surface area contributed by atoms with Crippen molar-refractivity contribution >= 4 is 55.2 Å². The van der Waals surface area contributed by atoms with Gasteiger partial charge in [0, 0.05) is 48.1 Å². The Morgan fingerprint density at radius 1 is 0.951 bits per heavy atom. The van der Waals surface area contributed by atoms with E-state index in [1.165, 1.54) is 29.9 Å². The number of alkyl halides is 3. The summed E-state index contributed by atoms with van der Waals surface area (Å²) in [5.41, 5.74) is 0.521. The van der Waals surface area contributed by atoms with Gasteiger partial charge in [0.1, 0.15) is 24.0 Å². The zero-order valence-corrected chi connectivity index (χ0v) is 34.2. The highest BCUT2D eigenvalue weighted by Crippen LogP contribution is 2.42. The van der Waals surface area contributed by atoms with Crippen LogP contribution in [0.1, 0.15) is 59.0 Å². The molecule has 1 fully saturated rings. The lowest BCUT2D eigenvalue weighted by Gasteiger charge is -2.24. The SMILES string of the molecule is Cc1cc(C)nc(-c2ccc3c(=O)n(-c4ccc(Cl)c5c(NS(C)(=O)=O)nn(C)c45)c([C@H](Cc4cc(F)cc(F)c4)NC(=O)Cn4nc(C(F)(F)F)cc4C4CC4)nc3c2)n1. The Morgan fingerprint density at radius 3 is 2.28 bits per heavy atom. The first-order valence-electron chi connectivity index (χ1n) is 18.6. The molecule has 14 nitrogen and oxygen atoms in total. The van der Waals surface area contributed by atoms with Crippen molar-refractivity contribution in [3.8, 4) is 17.1 Å². The van der Waals surface area contributed by atoms with E-state index in [0.29, 0.717) is 41.7 Å². The molecule has 0 saturated heterocycles. The van der Waals surface area contributed by atoms with Crippen LogP contribution in [0.15, 0.2) is 65.5 Å². The van der Waals surface area contributed by atoms with Crippen LogP contribution in [-0.4, -0.2) is 59.7 Å². The molecular formula is C40H34ClF5N10O4S. The van der Waals surface area contributed by atoms with Crippen molar-refractivity contribution in [3.05, 3.63) is 122 Å². The number of rotatable bonds is 11. The molecule has 3 aromatic carbocycles. The van der Waals surface area contributed by atoms with Crippen molar-refractivity contribution in [3.63, 3.8) is 0 Å². The first kappa shape index (κ1) is 41.5. The summed E-state index contributed by atoms with van der Waals surface area (Å²) in [6.07, 6.45) is -3.04. The van der Waals surface area contributed by atoms with Crippen molar-refractivity contribution < 1.29 is 35.2 Å². The second-order valence-electron chi connectivity index (χ2n) is 14.9. The van der Waals surface area contributed by atoms with Gasteiger partial charge >= 0.3 is 6.18 Å². The Hall–Kier alpha value is -6.28. The molecule has 1 atom stereocenters. The summed E-state index contributed by atoms with van der Waals surface area (Å²) in [5, 5.41) is 11.0. The Bertz CT molecular complexity index is 3070. The Balaban J connectivity index is 1.36. The molecule has 1 saturated carbocycles. The summed E-state index contributed by atoms with van der Waals surface area (Å²) in [5.74, 6) is -2.98. The van der Waals surface area contributed by atoms with Crippen LogP contribution in [0.2, 0.25) is 5.02 Å². The molecule has 2 N–H and O–H groups in total. The maximum absolute atomic E-state index is 15.0. The number of carbonyl (C=O) groups is 1. The van der Waals surface area contributed by atoms with Crippen molar-refractivity contribution in [1.82, 2.24) is 44.4 Å². The Kier molecular flexibility index (Phi) is 10.4. The van der Waals surface area contributed by atoms with E-state index in [-0.39, 0.29) is 67.8 Å². The number of anilines is 1. The highest BCUT2D eigenvalue weighted by Gasteiger charge is 2.38. The molecule has 1 aliphatic rings. The van der Waals surface area contributed by atoms with E-state index in [4.69, 9.17) is 16.6 Å². The molecule has 0 unspecified atom stereocenters. The van der Waals surface area contributed by atoms with Crippen LogP contribution >= 0.6 is 11.6 Å². The third kappa shape index (κ3) is 8.54. The second kappa shape index (κ2) is 15.3. The maximum Gasteiger partial charge on any atom is 0.435 e. The molecule has 61 heavy (non-hydrogen) atoms. The van der Waals surface area contributed by atoms with Crippen molar-refractivity contribution in [2.45, 2.75) is 57.8 Å². The molecule has 1 aliphatic carbocycles. The number of hydrogen-bond donors (Lipinski definition) is 2. The van der Waals surface area contributed by atoms with Gasteiger partial charge in [0.15, 0.2) is 17.3 Å². The van der Waals surface area contributed by atoms with Crippen LogP contribution < -0.4 is 15.6 Å². The fraction of sp³-hybridized carbons (Fsp3) is 0.275. The summed E-state index contributed by atoms with van der Waals surface area (Å²) < 4.78 is 101. The van der Waals surface area contributed by atoms with E-state index in [0.717, 1.165) is 33.7 Å². The zero-order valence-electron chi connectivity index (χ0n) is 32.6. The number of halogens is 6. The average Bonchev–Trinajstić information content (AvgIpc) is 3.82. The van der Waals surface area contributed by atoms with Crippen molar-refractivity contribution in [2.75, 3.05) is 11.0 Å². The lowest BCUT2D eigenvalue weighted by molar-refractivity contribution is -0.141. The molecular weight excluding hydrogens is 847 g/mol. The molecule has 4 heterocycles. The van der Waals surface area contributed by atoms with Gasteiger partial charge in [0.2, 0.25) is 15.9 Å². The number of aryl methyl sites for hydroxylation is 3. The number of nitrogens with zero attached hydrogens (tertiary/aromatic N) is 8. The third-order valence-electron chi connectivity index (χ3n) is 9.97. The summed E-state index contributed by atoms with van der Waals surface area (Å²) in [6.45, 7) is 2.90. The maximum atomic E-state index is 15.0. The zero-order chi connectivity index (χ0) is 43.7. The monoisotopic (exact) mass is 880 g/mol. The molecule has 21 heteroatoms. The van der Waals surface area contributed by atoms with Gasteiger partial charge in [-0.15, -0.1) is 0 Å². The summed E-state index contributed by atoms with van der Waals surface area (Å²) in [7, 11) is -2.40. The quantitative estimate of drug-likeness (QED) is 0.132. The minimum absolute atomic E-state index is 0.0274. The van der Waals surface area contributed by atoms with Crippen LogP contribution in [0.3, 0.4) is 0 Å². The fourth-order valence-electron chi connectivity index (χ4n) is 7.40. The minimum Gasteiger partial charge on any atom is -0.344 e. The molecule has 0 aliphatic heterocycles. The van der Waals surface area contributed by atoms with Crippen molar-refractivity contribution in [2.24, 2.45) is 7.05 Å². The molecule has 0 radical (unpaired) electrons. The highest BCUT2D eigenvalue weighted by molar-refractivity contribution is 7.92. The van der Waals surface area contributed by atoms with Crippen LogP contribution in [0, 0.1) is 25.5 Å². The van der Waals surface area contributed by atoms with Gasteiger partial charge in [0.25, 0.3) is 5.56 Å². The van der Waals surface area contributed by atoms with Gasteiger partial charge in [-0.3, -0.25) is 28.2 Å². The number of carbonyl (C=O) groups excluding carboxylic acids is 1. The smallest absolute Gasteiger partial charge is 0.344 e. The summed E-state index contributed by atoms with van der Waals surface area (Å²) in [4.78, 5) is 43.1. The lowest BCUT2D eigenvalue weighted by atomic mass is 10.0. The van der Waals surface area contributed by atoms with E-state index in [1.54, 1.807) is 32.0 Å². The van der Waals surface area contributed by atoms with E-state index in [9.17, 15) is 35.2 Å². The van der Waals surface area contributed by atoms with E-state index < -0.39 is 57.6 Å². The Morgan fingerprint density at radius 2 is 1.64 bits per heavy atom. The number of hydrogen-bond acceptors (Lipinski definition) is 9. The highest BCUT2D eigenvalue weighted by atomic mass is 35.5. The normalized spacial score (nSPS) is 13.9. The second-order valence-corrected chi connectivity index (χ2v) is 17.1. The predicted octanol–water partition coefficient (Wildman–Crippen LogP) is 6.84. The molecule has 1 amide bonds. The third-order valence-corrected chi connectivity index (χ3v) is 10.9. The summed E-state index contributed by atoms with van der Waals surface area (Å²) >= 11 is 6.64. The largest absolute Gasteiger partial charge is 0.435 e. The molecule has 316 valence electrons. The number of sulfonamides is 1. The lowest BCUT2D eigenvalue weighted by Crippen LogP contribution is -2.37. The van der Waals surface area contributed by atoms with Gasteiger partial charge in [-0.2, -0.15) is 23.4 Å². The number of benzene rings is 3. The summed E-state index contributed by atoms with van der Waals surface area (Å²) in [6, 6.07) is 11.6. The van der Waals surface area contributed by atoms with Crippen LogP contribution in [0.25, 0.3) is 38.9 Å². The van der Waals surface area contributed by atoms with E-state index >= 15 is 4.79 Å². The van der Waals surface area contributed by atoms with E-state index in [2.05, 4.69) is 30.2 Å². The van der Waals surface area contributed by atoms with Crippen molar-refractivity contribution in [1.29, 1.82) is 0 Å². The van der Waals surface area contributed by atoms with Gasteiger partial charge in [-0.05, 0) is 80.8 Å². The van der Waals surface area contributed by atoms with Crippen LogP contribution in [0.4, 0.5) is 27.8 Å². The number of nitrogens with one attached hydrogen (secondary N) is 2. The van der Waals surface area contributed by atoms with E-state index in [1.807, 2.05) is 0 Å². The number of fused-ring (bicyclic) bond motifs is 2. The minimum atomic E-state index is -4.78.